The van der Waals surface area contributed by atoms with E-state index in [4.69, 9.17) is 0 Å². The van der Waals surface area contributed by atoms with Gasteiger partial charge < -0.3 is 5.11 Å². The summed E-state index contributed by atoms with van der Waals surface area (Å²) in [6, 6.07) is 17.7. The Balaban J connectivity index is 2.07. The molecule has 2 aromatic carbocycles. The Bertz CT molecular complexity index is 517. The molecule has 0 heterocycles. The molecule has 0 spiro atoms. The molecule has 0 aliphatic carbocycles. The molecule has 0 unspecified atom stereocenters. The predicted molar refractivity (Wildman–Crippen MR) is 78.4 cm³/mol. The lowest BCUT2D eigenvalue weighted by Gasteiger charge is -2.14. The molecule has 0 saturated carbocycles. The molecule has 2 rings (SSSR count). The van der Waals surface area contributed by atoms with Gasteiger partial charge in [-0.25, -0.2) is 0 Å². The minimum atomic E-state index is -0.613. The van der Waals surface area contributed by atoms with Crippen molar-refractivity contribution in [3.05, 3.63) is 82.3 Å². The van der Waals surface area contributed by atoms with Crippen LogP contribution in [-0.4, -0.2) is 5.11 Å². The Morgan fingerprint density at radius 3 is 2.28 bits per heavy atom. The maximum Gasteiger partial charge on any atom is 0.100 e. The van der Waals surface area contributed by atoms with E-state index in [0.29, 0.717) is 6.42 Å². The normalized spacial score (nSPS) is 12.1. The second-order valence-electron chi connectivity index (χ2n) is 4.27. The zero-order valence-corrected chi connectivity index (χ0v) is 11.6. The predicted octanol–water partition coefficient (Wildman–Crippen LogP) is 4.28. The summed E-state index contributed by atoms with van der Waals surface area (Å²) in [5, 5.41) is 10.2. The highest BCUT2D eigenvalue weighted by molar-refractivity contribution is 9.10. The number of rotatable bonds is 4. The SMILES string of the molecule is C=C(Cc1ccccc1)[C@@H](O)c1ccc(Br)cc1. The van der Waals surface area contributed by atoms with Crippen LogP contribution in [0.25, 0.3) is 0 Å². The Kier molecular flexibility index (Phi) is 4.34. The van der Waals surface area contributed by atoms with Crippen molar-refractivity contribution in [1.82, 2.24) is 0 Å². The monoisotopic (exact) mass is 302 g/mol. The summed E-state index contributed by atoms with van der Waals surface area (Å²) in [5.41, 5.74) is 2.85. The van der Waals surface area contributed by atoms with E-state index in [1.54, 1.807) is 0 Å². The van der Waals surface area contributed by atoms with Crippen molar-refractivity contribution in [2.45, 2.75) is 12.5 Å². The third-order valence-electron chi connectivity index (χ3n) is 2.85. The highest BCUT2D eigenvalue weighted by atomic mass is 79.9. The lowest BCUT2D eigenvalue weighted by molar-refractivity contribution is 0.213. The van der Waals surface area contributed by atoms with E-state index >= 15 is 0 Å². The van der Waals surface area contributed by atoms with Crippen LogP contribution in [0.3, 0.4) is 0 Å². The molecule has 92 valence electrons. The largest absolute Gasteiger partial charge is 0.384 e. The smallest absolute Gasteiger partial charge is 0.100 e. The molecule has 0 aliphatic rings. The Labute approximate surface area is 116 Å². The van der Waals surface area contributed by atoms with E-state index < -0.39 is 6.10 Å². The molecule has 2 aromatic rings. The fourth-order valence-corrected chi connectivity index (χ4v) is 2.10. The van der Waals surface area contributed by atoms with Gasteiger partial charge in [-0.2, -0.15) is 0 Å². The first kappa shape index (κ1) is 13.1. The van der Waals surface area contributed by atoms with Gasteiger partial charge in [0.25, 0.3) is 0 Å². The van der Waals surface area contributed by atoms with Gasteiger partial charge in [0.05, 0.1) is 0 Å². The average Bonchev–Trinajstić information content (AvgIpc) is 2.40. The van der Waals surface area contributed by atoms with E-state index in [2.05, 4.69) is 22.5 Å². The highest BCUT2D eigenvalue weighted by Gasteiger charge is 2.11. The molecule has 0 fully saturated rings. The van der Waals surface area contributed by atoms with Crippen molar-refractivity contribution in [3.8, 4) is 0 Å². The summed E-state index contributed by atoms with van der Waals surface area (Å²) < 4.78 is 1.01. The fraction of sp³-hybridized carbons (Fsp3) is 0.125. The maximum absolute atomic E-state index is 10.2. The standard InChI is InChI=1S/C16H15BrO/c1-12(11-13-5-3-2-4-6-13)16(18)14-7-9-15(17)10-8-14/h2-10,16,18H,1,11H2/t16-/m1/s1. The Morgan fingerprint density at radius 2 is 1.67 bits per heavy atom. The summed E-state index contributed by atoms with van der Waals surface area (Å²) in [5.74, 6) is 0. The number of benzene rings is 2. The maximum atomic E-state index is 10.2. The van der Waals surface area contributed by atoms with E-state index in [1.807, 2.05) is 54.6 Å². The van der Waals surface area contributed by atoms with Crippen molar-refractivity contribution >= 4 is 15.9 Å². The molecule has 0 bridgehead atoms. The molecule has 1 N–H and O–H groups in total. The molecule has 0 amide bonds. The highest BCUT2D eigenvalue weighted by Crippen LogP contribution is 2.24. The molecule has 0 aliphatic heterocycles. The van der Waals surface area contributed by atoms with Crippen LogP contribution in [0.1, 0.15) is 17.2 Å². The van der Waals surface area contributed by atoms with Crippen molar-refractivity contribution < 1.29 is 5.11 Å². The van der Waals surface area contributed by atoms with Gasteiger partial charge in [-0.1, -0.05) is 65.0 Å². The number of hydrogen-bond acceptors (Lipinski definition) is 1. The zero-order valence-electron chi connectivity index (χ0n) is 10.0. The van der Waals surface area contributed by atoms with Gasteiger partial charge >= 0.3 is 0 Å². The van der Waals surface area contributed by atoms with E-state index in [9.17, 15) is 5.11 Å². The van der Waals surface area contributed by atoms with E-state index in [1.165, 1.54) is 5.56 Å². The molecule has 0 radical (unpaired) electrons. The summed E-state index contributed by atoms with van der Waals surface area (Å²) in [6.07, 6.45) is 0.0799. The molecule has 18 heavy (non-hydrogen) atoms. The molecule has 1 atom stereocenters. The van der Waals surface area contributed by atoms with Crippen LogP contribution in [0.4, 0.5) is 0 Å². The number of halogens is 1. The van der Waals surface area contributed by atoms with Crippen LogP contribution in [0, 0.1) is 0 Å². The van der Waals surface area contributed by atoms with Crippen LogP contribution < -0.4 is 0 Å². The number of hydrogen-bond donors (Lipinski definition) is 1. The number of aliphatic hydroxyl groups excluding tert-OH is 1. The van der Waals surface area contributed by atoms with Crippen molar-refractivity contribution in [2.24, 2.45) is 0 Å². The Morgan fingerprint density at radius 1 is 1.06 bits per heavy atom. The van der Waals surface area contributed by atoms with Crippen LogP contribution in [0.5, 0.6) is 0 Å². The molecular formula is C16H15BrO. The molecule has 1 nitrogen and oxygen atoms in total. The summed E-state index contributed by atoms with van der Waals surface area (Å²) in [7, 11) is 0. The van der Waals surface area contributed by atoms with Gasteiger partial charge in [0.2, 0.25) is 0 Å². The van der Waals surface area contributed by atoms with Crippen molar-refractivity contribution in [3.63, 3.8) is 0 Å². The van der Waals surface area contributed by atoms with Gasteiger partial charge in [-0.15, -0.1) is 0 Å². The second kappa shape index (κ2) is 5.98. The first-order valence-corrected chi connectivity index (χ1v) is 6.61. The van der Waals surface area contributed by atoms with Crippen molar-refractivity contribution in [1.29, 1.82) is 0 Å². The van der Waals surface area contributed by atoms with Gasteiger partial charge in [-0.05, 0) is 35.3 Å². The Hall–Kier alpha value is -1.38. The third kappa shape index (κ3) is 3.31. The molecule has 0 aromatic heterocycles. The summed E-state index contributed by atoms with van der Waals surface area (Å²) in [4.78, 5) is 0. The van der Waals surface area contributed by atoms with E-state index in [-0.39, 0.29) is 0 Å². The van der Waals surface area contributed by atoms with Crippen LogP contribution >= 0.6 is 15.9 Å². The summed E-state index contributed by atoms with van der Waals surface area (Å²) in [6.45, 7) is 3.99. The fourth-order valence-electron chi connectivity index (χ4n) is 1.84. The van der Waals surface area contributed by atoms with Gasteiger partial charge in [0.15, 0.2) is 0 Å². The van der Waals surface area contributed by atoms with Gasteiger partial charge in [0.1, 0.15) is 6.10 Å². The van der Waals surface area contributed by atoms with Crippen molar-refractivity contribution in [2.75, 3.05) is 0 Å². The van der Waals surface area contributed by atoms with Crippen LogP contribution in [0.2, 0.25) is 0 Å². The topological polar surface area (TPSA) is 20.2 Å². The lowest BCUT2D eigenvalue weighted by atomic mass is 9.97. The minimum absolute atomic E-state index is 0.613. The van der Waals surface area contributed by atoms with Gasteiger partial charge in [-0.3, -0.25) is 0 Å². The van der Waals surface area contributed by atoms with Gasteiger partial charge in [0, 0.05) is 4.47 Å². The number of aliphatic hydroxyl groups is 1. The molecule has 2 heteroatoms. The second-order valence-corrected chi connectivity index (χ2v) is 5.19. The van der Waals surface area contributed by atoms with E-state index in [0.717, 1.165) is 15.6 Å². The van der Waals surface area contributed by atoms with Crippen LogP contribution in [-0.2, 0) is 6.42 Å². The molecule has 0 saturated heterocycles. The first-order valence-electron chi connectivity index (χ1n) is 5.82. The average molecular weight is 303 g/mol. The van der Waals surface area contributed by atoms with Crippen LogP contribution in [0.15, 0.2) is 71.2 Å². The zero-order chi connectivity index (χ0) is 13.0. The molecular weight excluding hydrogens is 288 g/mol. The summed E-state index contributed by atoms with van der Waals surface area (Å²) >= 11 is 3.38. The lowest BCUT2D eigenvalue weighted by Crippen LogP contribution is -2.03. The first-order chi connectivity index (χ1) is 8.66. The quantitative estimate of drug-likeness (QED) is 0.836. The third-order valence-corrected chi connectivity index (χ3v) is 3.38. The minimum Gasteiger partial charge on any atom is -0.384 e.